The number of amides is 2. The number of hydrogen-bond acceptors (Lipinski definition) is 4. The van der Waals surface area contributed by atoms with E-state index in [2.05, 4.69) is 13.8 Å². The Morgan fingerprint density at radius 3 is 1.85 bits per heavy atom. The molecule has 1 saturated heterocycles. The van der Waals surface area contributed by atoms with Gasteiger partial charge in [-0.1, -0.05) is 84.5 Å². The zero-order chi connectivity index (χ0) is 20.3. The van der Waals surface area contributed by atoms with Crippen LogP contribution in [0.4, 0.5) is 0 Å². The van der Waals surface area contributed by atoms with Crippen molar-refractivity contribution < 1.29 is 22.6 Å². The van der Waals surface area contributed by atoms with Gasteiger partial charge >= 0.3 is 0 Å². The second kappa shape index (κ2) is 11.8. The molecule has 1 aliphatic rings. The van der Waals surface area contributed by atoms with Crippen molar-refractivity contribution in [3.8, 4) is 0 Å². The number of unbranched alkanes of at least 4 members (excludes halogenated alkanes) is 10. The molecule has 0 aromatic rings. The lowest BCUT2D eigenvalue weighted by molar-refractivity contribution is -0.139. The van der Waals surface area contributed by atoms with Gasteiger partial charge in [0.1, 0.15) is 0 Å². The Morgan fingerprint density at radius 1 is 0.852 bits per heavy atom. The van der Waals surface area contributed by atoms with E-state index in [4.69, 9.17) is 0 Å². The van der Waals surface area contributed by atoms with Crippen molar-refractivity contribution in [3.63, 3.8) is 0 Å². The molecule has 0 aromatic heterocycles. The minimum atomic E-state index is -4.63. The van der Waals surface area contributed by atoms with Gasteiger partial charge in [0.15, 0.2) is 4.75 Å². The van der Waals surface area contributed by atoms with Gasteiger partial charge in [-0.15, -0.1) is 0 Å². The van der Waals surface area contributed by atoms with Crippen molar-refractivity contribution in [1.82, 2.24) is 4.90 Å². The lowest BCUT2D eigenvalue weighted by Gasteiger charge is -2.23. The molecule has 7 heteroatoms. The van der Waals surface area contributed by atoms with Gasteiger partial charge in [-0.25, -0.2) is 0 Å². The molecule has 27 heavy (non-hydrogen) atoms. The van der Waals surface area contributed by atoms with Gasteiger partial charge in [0.2, 0.25) is 5.91 Å². The number of rotatable bonds is 15. The number of hydrogen-bond donors (Lipinski definition) is 1. The summed E-state index contributed by atoms with van der Waals surface area (Å²) in [6, 6.07) is 0. The standard InChI is InChI=1S/C20H37NO5S/c1-3-5-7-9-11-13-15-20(27(24,25)26)17-18(22)21(19(20)23)16-14-12-10-8-6-4-2/h3-17H2,1-2H3,(H,24,25,26). The average molecular weight is 404 g/mol. The van der Waals surface area contributed by atoms with Crippen LogP contribution in [0.1, 0.15) is 104 Å². The van der Waals surface area contributed by atoms with E-state index in [0.29, 0.717) is 12.8 Å². The van der Waals surface area contributed by atoms with Crippen LogP contribution in [-0.4, -0.2) is 41.0 Å². The van der Waals surface area contributed by atoms with Crippen LogP contribution in [0.3, 0.4) is 0 Å². The minimum absolute atomic E-state index is 0.0233. The van der Waals surface area contributed by atoms with Crippen LogP contribution in [0.2, 0.25) is 0 Å². The van der Waals surface area contributed by atoms with E-state index in [9.17, 15) is 22.6 Å². The summed E-state index contributed by atoms with van der Waals surface area (Å²) < 4.78 is 31.8. The predicted octanol–water partition coefficient (Wildman–Crippen LogP) is 4.48. The summed E-state index contributed by atoms with van der Waals surface area (Å²) in [7, 11) is -4.63. The van der Waals surface area contributed by atoms with E-state index in [1.54, 1.807) is 0 Å². The summed E-state index contributed by atoms with van der Waals surface area (Å²) in [6.07, 6.45) is 11.3. The summed E-state index contributed by atoms with van der Waals surface area (Å²) in [5.74, 6) is -1.20. The van der Waals surface area contributed by atoms with Gasteiger partial charge in [0, 0.05) is 6.54 Å². The molecule has 1 N–H and O–H groups in total. The molecule has 158 valence electrons. The number of carbonyl (C=O) groups excluding carboxylic acids is 2. The topological polar surface area (TPSA) is 91.8 Å². The molecule has 2 amide bonds. The highest BCUT2D eigenvalue weighted by Gasteiger charge is 2.59. The third kappa shape index (κ3) is 6.86. The molecular formula is C20H37NO5S. The fourth-order valence-corrected chi connectivity index (χ4v) is 4.81. The van der Waals surface area contributed by atoms with Crippen molar-refractivity contribution in [3.05, 3.63) is 0 Å². The minimum Gasteiger partial charge on any atom is -0.285 e. The molecule has 0 aliphatic carbocycles. The fraction of sp³-hybridized carbons (Fsp3) is 0.900. The number of nitrogens with zero attached hydrogens (tertiary/aromatic N) is 1. The van der Waals surface area contributed by atoms with Gasteiger partial charge in [0.05, 0.1) is 6.42 Å². The summed E-state index contributed by atoms with van der Waals surface area (Å²) >= 11 is 0. The van der Waals surface area contributed by atoms with Crippen molar-refractivity contribution in [1.29, 1.82) is 0 Å². The van der Waals surface area contributed by atoms with Crippen LogP contribution in [0.15, 0.2) is 0 Å². The third-order valence-corrected chi connectivity index (χ3v) is 7.05. The van der Waals surface area contributed by atoms with Gasteiger partial charge in [0.25, 0.3) is 16.0 Å². The third-order valence-electron chi connectivity index (χ3n) is 5.54. The van der Waals surface area contributed by atoms with Crippen molar-refractivity contribution in [2.24, 2.45) is 0 Å². The molecule has 1 atom stereocenters. The first-order chi connectivity index (χ1) is 12.8. The number of imide groups is 1. The summed E-state index contributed by atoms with van der Waals surface area (Å²) in [5, 5.41) is 0. The molecule has 0 radical (unpaired) electrons. The van der Waals surface area contributed by atoms with Gasteiger partial charge < -0.3 is 0 Å². The van der Waals surface area contributed by atoms with Crippen LogP contribution in [0.25, 0.3) is 0 Å². The number of carbonyl (C=O) groups is 2. The maximum Gasteiger partial charge on any atom is 0.280 e. The fourth-order valence-electron chi connectivity index (χ4n) is 3.77. The second-order valence-corrected chi connectivity index (χ2v) is 9.51. The molecular weight excluding hydrogens is 366 g/mol. The van der Waals surface area contributed by atoms with Crippen LogP contribution < -0.4 is 0 Å². The summed E-state index contributed by atoms with van der Waals surface area (Å²) in [5.41, 5.74) is 0. The monoisotopic (exact) mass is 403 g/mol. The Hall–Kier alpha value is -0.950. The van der Waals surface area contributed by atoms with Gasteiger partial charge in [-0.05, 0) is 12.8 Å². The van der Waals surface area contributed by atoms with Crippen LogP contribution in [0.5, 0.6) is 0 Å². The summed E-state index contributed by atoms with van der Waals surface area (Å²) in [6.45, 7) is 4.51. The Morgan fingerprint density at radius 2 is 1.33 bits per heavy atom. The molecule has 1 unspecified atom stereocenters. The lowest BCUT2D eigenvalue weighted by atomic mass is 9.97. The van der Waals surface area contributed by atoms with E-state index in [-0.39, 0.29) is 13.0 Å². The highest BCUT2D eigenvalue weighted by molar-refractivity contribution is 7.88. The summed E-state index contributed by atoms with van der Waals surface area (Å²) in [4.78, 5) is 26.2. The first-order valence-corrected chi connectivity index (χ1v) is 12.1. The molecule has 1 rings (SSSR count). The molecule has 1 aliphatic heterocycles. The largest absolute Gasteiger partial charge is 0.285 e. The van der Waals surface area contributed by atoms with Gasteiger partial charge in [-0.2, -0.15) is 8.42 Å². The predicted molar refractivity (Wildman–Crippen MR) is 107 cm³/mol. The first kappa shape index (κ1) is 24.1. The molecule has 6 nitrogen and oxygen atoms in total. The van der Waals surface area contributed by atoms with E-state index in [1.807, 2.05) is 0 Å². The van der Waals surface area contributed by atoms with E-state index >= 15 is 0 Å². The normalized spacial score (nSPS) is 20.6. The first-order valence-electron chi connectivity index (χ1n) is 10.6. The van der Waals surface area contributed by atoms with E-state index < -0.39 is 33.1 Å². The van der Waals surface area contributed by atoms with E-state index in [1.165, 1.54) is 6.42 Å². The Bertz CT molecular complexity index is 575. The average Bonchev–Trinajstić information content (AvgIpc) is 2.85. The maximum absolute atomic E-state index is 12.8. The lowest BCUT2D eigenvalue weighted by Crippen LogP contribution is -2.46. The number of likely N-dealkylation sites (tertiary alicyclic amines) is 1. The SMILES string of the molecule is CCCCCCCCN1C(=O)CC(CCCCCCCC)(S(=O)(=O)O)C1=O. The zero-order valence-corrected chi connectivity index (χ0v) is 17.9. The molecule has 0 aromatic carbocycles. The van der Waals surface area contributed by atoms with Crippen LogP contribution in [0, 0.1) is 0 Å². The molecule has 1 fully saturated rings. The van der Waals surface area contributed by atoms with Crippen molar-refractivity contribution in [2.75, 3.05) is 6.54 Å². The highest BCUT2D eigenvalue weighted by atomic mass is 32.2. The molecule has 0 bridgehead atoms. The second-order valence-electron chi connectivity index (χ2n) is 7.78. The quantitative estimate of drug-likeness (QED) is 0.247. The van der Waals surface area contributed by atoms with Gasteiger partial charge in [-0.3, -0.25) is 19.0 Å². The van der Waals surface area contributed by atoms with Crippen LogP contribution >= 0.6 is 0 Å². The molecule has 1 heterocycles. The Kier molecular flexibility index (Phi) is 10.5. The molecule has 0 saturated carbocycles. The maximum atomic E-state index is 12.8. The van der Waals surface area contributed by atoms with Crippen molar-refractivity contribution >= 4 is 21.9 Å². The van der Waals surface area contributed by atoms with Crippen LogP contribution in [-0.2, 0) is 19.7 Å². The molecule has 0 spiro atoms. The zero-order valence-electron chi connectivity index (χ0n) is 17.0. The van der Waals surface area contributed by atoms with E-state index in [0.717, 1.165) is 62.7 Å². The Balaban J connectivity index is 2.62. The van der Waals surface area contributed by atoms with Crippen molar-refractivity contribution in [2.45, 2.75) is 108 Å². The smallest absolute Gasteiger partial charge is 0.280 e. The Labute approximate surface area is 164 Å². The highest BCUT2D eigenvalue weighted by Crippen LogP contribution is 2.36.